The zero-order chi connectivity index (χ0) is 19.2. The Kier molecular flexibility index (Phi) is 3.47. The van der Waals surface area contributed by atoms with E-state index in [9.17, 15) is 0 Å². The number of hydrogen-bond donors (Lipinski definition) is 1. The summed E-state index contributed by atoms with van der Waals surface area (Å²) in [6, 6.07) is 33.2. The molecule has 0 saturated carbocycles. The number of nitrogens with zero attached hydrogens (tertiary/aromatic N) is 2. The average Bonchev–Trinajstić information content (AvgIpc) is 3.18. The molecule has 0 aliphatic heterocycles. The Bertz CT molecular complexity index is 1510. The fraction of sp³-hybridized carbons (Fsp3) is 0. The van der Waals surface area contributed by atoms with Crippen LogP contribution in [0.2, 0.25) is 0 Å². The first kappa shape index (κ1) is 16.0. The molecule has 0 amide bonds. The number of fused-ring (bicyclic) bond motifs is 4. The second-order valence-electron chi connectivity index (χ2n) is 7.20. The first-order valence-corrected chi connectivity index (χ1v) is 9.70. The van der Waals surface area contributed by atoms with Gasteiger partial charge in [-0.25, -0.2) is 9.97 Å². The van der Waals surface area contributed by atoms with Gasteiger partial charge in [-0.3, -0.25) is 0 Å². The molecule has 3 heterocycles. The van der Waals surface area contributed by atoms with Gasteiger partial charge >= 0.3 is 0 Å². The summed E-state index contributed by atoms with van der Waals surface area (Å²) >= 11 is 0. The molecule has 6 rings (SSSR count). The second-order valence-corrected chi connectivity index (χ2v) is 7.20. The van der Waals surface area contributed by atoms with E-state index in [1.54, 1.807) is 0 Å². The van der Waals surface area contributed by atoms with E-state index in [4.69, 9.17) is 9.97 Å². The maximum absolute atomic E-state index is 4.96. The summed E-state index contributed by atoms with van der Waals surface area (Å²) in [7, 11) is 0. The number of aromatic amines is 1. The molecule has 0 aliphatic carbocycles. The van der Waals surface area contributed by atoms with Crippen LogP contribution in [0.4, 0.5) is 0 Å². The first-order chi connectivity index (χ1) is 14.4. The lowest BCUT2D eigenvalue weighted by Crippen LogP contribution is -1.91. The predicted octanol–water partition coefficient (Wildman–Crippen LogP) is 6.60. The standard InChI is InChI=1S/C26H17N3/c1-3-11-21-17(7-1)15-16-25(27-21)24-14-6-13-23(28-24)20-10-5-9-19-18-8-2-4-12-22(18)29-26(19)20/h1-16,29H. The van der Waals surface area contributed by atoms with Gasteiger partial charge in [-0.15, -0.1) is 0 Å². The maximum atomic E-state index is 4.96. The lowest BCUT2D eigenvalue weighted by atomic mass is 10.1. The van der Waals surface area contributed by atoms with Gasteiger partial charge in [-0.05, 0) is 30.3 Å². The Hall–Kier alpha value is -3.98. The topological polar surface area (TPSA) is 41.6 Å². The van der Waals surface area contributed by atoms with Gasteiger partial charge in [-0.1, -0.05) is 66.7 Å². The molecule has 0 spiro atoms. The van der Waals surface area contributed by atoms with Crippen molar-refractivity contribution in [3.05, 3.63) is 97.1 Å². The van der Waals surface area contributed by atoms with Crippen molar-refractivity contribution in [1.82, 2.24) is 15.0 Å². The molecule has 0 radical (unpaired) electrons. The minimum Gasteiger partial charge on any atom is -0.354 e. The van der Waals surface area contributed by atoms with Crippen molar-refractivity contribution in [3.63, 3.8) is 0 Å². The molecule has 0 bridgehead atoms. The maximum Gasteiger partial charge on any atom is 0.0894 e. The number of rotatable bonds is 2. The Balaban J connectivity index is 1.53. The fourth-order valence-electron chi connectivity index (χ4n) is 4.02. The summed E-state index contributed by atoms with van der Waals surface area (Å²) in [6.07, 6.45) is 0. The summed E-state index contributed by atoms with van der Waals surface area (Å²) in [5, 5.41) is 3.58. The molecule has 29 heavy (non-hydrogen) atoms. The Morgan fingerprint density at radius 2 is 1.28 bits per heavy atom. The molecular formula is C26H17N3. The molecule has 136 valence electrons. The molecule has 3 aromatic heterocycles. The summed E-state index contributed by atoms with van der Waals surface area (Å²) in [4.78, 5) is 13.3. The van der Waals surface area contributed by atoms with E-state index in [1.165, 1.54) is 10.8 Å². The summed E-state index contributed by atoms with van der Waals surface area (Å²) < 4.78 is 0. The molecule has 3 nitrogen and oxygen atoms in total. The molecule has 1 N–H and O–H groups in total. The molecule has 3 heteroatoms. The highest BCUT2D eigenvalue weighted by atomic mass is 14.8. The average molecular weight is 371 g/mol. The Morgan fingerprint density at radius 3 is 2.28 bits per heavy atom. The monoisotopic (exact) mass is 371 g/mol. The molecule has 0 atom stereocenters. The number of pyridine rings is 2. The van der Waals surface area contributed by atoms with Gasteiger partial charge in [0.05, 0.1) is 28.1 Å². The van der Waals surface area contributed by atoms with E-state index in [0.717, 1.165) is 44.6 Å². The SMILES string of the molecule is c1cc(-c2ccc3ccccc3n2)nc(-c2cccc3c2[nH]c2ccccc23)c1. The largest absolute Gasteiger partial charge is 0.354 e. The van der Waals surface area contributed by atoms with Crippen molar-refractivity contribution in [2.45, 2.75) is 0 Å². The van der Waals surface area contributed by atoms with Crippen LogP contribution in [0.15, 0.2) is 97.1 Å². The molecule has 3 aromatic carbocycles. The molecule has 6 aromatic rings. The number of aromatic nitrogens is 3. The molecule has 0 aliphatic rings. The number of nitrogens with one attached hydrogen (secondary N) is 1. The van der Waals surface area contributed by atoms with Crippen molar-refractivity contribution < 1.29 is 0 Å². The van der Waals surface area contributed by atoms with Gasteiger partial charge in [0.15, 0.2) is 0 Å². The number of H-pyrrole nitrogens is 1. The highest BCUT2D eigenvalue weighted by Crippen LogP contribution is 2.33. The molecular weight excluding hydrogens is 354 g/mol. The van der Waals surface area contributed by atoms with Crippen LogP contribution < -0.4 is 0 Å². The zero-order valence-corrected chi connectivity index (χ0v) is 15.6. The van der Waals surface area contributed by atoms with E-state index in [0.29, 0.717) is 0 Å². The van der Waals surface area contributed by atoms with Gasteiger partial charge in [0.1, 0.15) is 0 Å². The van der Waals surface area contributed by atoms with Crippen LogP contribution in [0.3, 0.4) is 0 Å². The molecule has 0 unspecified atom stereocenters. The number of benzene rings is 3. The van der Waals surface area contributed by atoms with Crippen LogP contribution >= 0.6 is 0 Å². The van der Waals surface area contributed by atoms with E-state index >= 15 is 0 Å². The highest BCUT2D eigenvalue weighted by Gasteiger charge is 2.11. The number of para-hydroxylation sites is 3. The van der Waals surface area contributed by atoms with Crippen LogP contribution in [0.5, 0.6) is 0 Å². The van der Waals surface area contributed by atoms with Gasteiger partial charge < -0.3 is 4.98 Å². The second kappa shape index (κ2) is 6.28. The summed E-state index contributed by atoms with van der Waals surface area (Å²) in [5.41, 5.74) is 7.04. The minimum atomic E-state index is 0.876. The van der Waals surface area contributed by atoms with Gasteiger partial charge in [-0.2, -0.15) is 0 Å². The first-order valence-electron chi connectivity index (χ1n) is 9.70. The lowest BCUT2D eigenvalue weighted by molar-refractivity contribution is 1.28. The fourth-order valence-corrected chi connectivity index (χ4v) is 4.02. The van der Waals surface area contributed by atoms with Crippen LogP contribution in [0.1, 0.15) is 0 Å². The van der Waals surface area contributed by atoms with Crippen LogP contribution in [0, 0.1) is 0 Å². The third kappa shape index (κ3) is 2.59. The van der Waals surface area contributed by atoms with Crippen LogP contribution in [0.25, 0.3) is 55.4 Å². The van der Waals surface area contributed by atoms with Gasteiger partial charge in [0, 0.05) is 27.2 Å². The summed E-state index contributed by atoms with van der Waals surface area (Å²) in [6.45, 7) is 0. The van der Waals surface area contributed by atoms with Gasteiger partial charge in [0.2, 0.25) is 0 Å². The summed E-state index contributed by atoms with van der Waals surface area (Å²) in [5.74, 6) is 0. The van der Waals surface area contributed by atoms with E-state index in [-0.39, 0.29) is 0 Å². The quantitative estimate of drug-likeness (QED) is 0.373. The normalized spacial score (nSPS) is 11.4. The lowest BCUT2D eigenvalue weighted by Gasteiger charge is -2.07. The van der Waals surface area contributed by atoms with E-state index in [1.807, 2.05) is 30.3 Å². The van der Waals surface area contributed by atoms with Crippen LogP contribution in [-0.4, -0.2) is 15.0 Å². The zero-order valence-electron chi connectivity index (χ0n) is 15.6. The number of hydrogen-bond acceptors (Lipinski definition) is 2. The van der Waals surface area contributed by atoms with Crippen molar-refractivity contribution in [1.29, 1.82) is 0 Å². The van der Waals surface area contributed by atoms with Crippen LogP contribution in [-0.2, 0) is 0 Å². The van der Waals surface area contributed by atoms with Gasteiger partial charge in [0.25, 0.3) is 0 Å². The molecule has 0 saturated heterocycles. The Labute approximate surface area is 167 Å². The Morgan fingerprint density at radius 1 is 0.517 bits per heavy atom. The third-order valence-corrected chi connectivity index (χ3v) is 5.43. The minimum absolute atomic E-state index is 0.876. The highest BCUT2D eigenvalue weighted by molar-refractivity contribution is 6.11. The predicted molar refractivity (Wildman–Crippen MR) is 120 cm³/mol. The van der Waals surface area contributed by atoms with E-state index < -0.39 is 0 Å². The third-order valence-electron chi connectivity index (χ3n) is 5.43. The van der Waals surface area contributed by atoms with Crippen molar-refractivity contribution in [3.8, 4) is 22.6 Å². The van der Waals surface area contributed by atoms with Crippen molar-refractivity contribution in [2.75, 3.05) is 0 Å². The van der Waals surface area contributed by atoms with E-state index in [2.05, 4.69) is 71.7 Å². The van der Waals surface area contributed by atoms with Crippen molar-refractivity contribution >= 4 is 32.7 Å². The molecule has 0 fully saturated rings. The smallest absolute Gasteiger partial charge is 0.0894 e. The van der Waals surface area contributed by atoms with Crippen molar-refractivity contribution in [2.24, 2.45) is 0 Å².